The number of anilines is 1. The predicted octanol–water partition coefficient (Wildman–Crippen LogP) is 5.14. The summed E-state index contributed by atoms with van der Waals surface area (Å²) in [6.45, 7) is 4.36. The van der Waals surface area contributed by atoms with E-state index >= 15 is 0 Å². The van der Waals surface area contributed by atoms with Gasteiger partial charge >= 0.3 is 0 Å². The largest absolute Gasteiger partial charge is 0.372 e. The smallest absolute Gasteiger partial charge is 0.141 e. The molecule has 114 valence electrons. The Bertz CT molecular complexity index is 706. The van der Waals surface area contributed by atoms with Gasteiger partial charge in [0.2, 0.25) is 0 Å². The highest BCUT2D eigenvalue weighted by Gasteiger charge is 2.12. The van der Waals surface area contributed by atoms with Crippen molar-refractivity contribution in [1.29, 1.82) is 0 Å². The molecule has 0 aromatic heterocycles. The molecule has 1 saturated heterocycles. The van der Waals surface area contributed by atoms with E-state index in [1.807, 2.05) is 0 Å². The van der Waals surface area contributed by atoms with Crippen LogP contribution >= 0.6 is 11.6 Å². The lowest BCUT2D eigenvalue weighted by molar-refractivity contribution is 0.628. The Hall–Kier alpha value is -1.87. The summed E-state index contributed by atoms with van der Waals surface area (Å²) in [6, 6.07) is 10.9. The minimum absolute atomic E-state index is 0.0933. The number of hydrogen-bond donors (Lipinski definition) is 0. The van der Waals surface area contributed by atoms with Crippen LogP contribution < -0.4 is 4.90 Å². The minimum Gasteiger partial charge on any atom is -0.372 e. The van der Waals surface area contributed by atoms with Gasteiger partial charge in [-0.15, -0.1) is 0 Å². The molecule has 2 aromatic carbocycles. The summed E-state index contributed by atoms with van der Waals surface area (Å²) in [5, 5.41) is 0.0933. The number of hydrogen-bond acceptors (Lipinski definition) is 2. The van der Waals surface area contributed by atoms with Crippen molar-refractivity contribution in [2.45, 2.75) is 19.8 Å². The van der Waals surface area contributed by atoms with E-state index in [9.17, 15) is 4.39 Å². The second-order valence-corrected chi connectivity index (χ2v) is 6.00. The number of benzene rings is 2. The van der Waals surface area contributed by atoms with Gasteiger partial charge in [-0.25, -0.2) is 4.39 Å². The molecule has 0 radical (unpaired) electrons. The van der Waals surface area contributed by atoms with E-state index in [0.29, 0.717) is 5.69 Å². The van der Waals surface area contributed by atoms with Gasteiger partial charge in [0.15, 0.2) is 0 Å². The lowest BCUT2D eigenvalue weighted by atomic mass is 10.1. The lowest BCUT2D eigenvalue weighted by Crippen LogP contribution is -2.17. The summed E-state index contributed by atoms with van der Waals surface area (Å²) in [5.74, 6) is -0.424. The molecule has 1 aliphatic heterocycles. The quantitative estimate of drug-likeness (QED) is 0.716. The third-order valence-corrected chi connectivity index (χ3v) is 4.27. The van der Waals surface area contributed by atoms with Gasteiger partial charge in [-0.2, -0.15) is 0 Å². The highest BCUT2D eigenvalue weighted by Crippen LogP contribution is 2.24. The van der Waals surface area contributed by atoms with E-state index in [2.05, 4.69) is 35.0 Å². The van der Waals surface area contributed by atoms with E-state index in [4.69, 9.17) is 11.6 Å². The average Bonchev–Trinajstić information content (AvgIpc) is 3.04. The molecule has 0 amide bonds. The zero-order valence-electron chi connectivity index (χ0n) is 12.5. The summed E-state index contributed by atoms with van der Waals surface area (Å²) < 4.78 is 13.1. The van der Waals surface area contributed by atoms with Crippen molar-refractivity contribution in [2.75, 3.05) is 18.0 Å². The maximum absolute atomic E-state index is 13.1. The zero-order chi connectivity index (χ0) is 15.5. The molecule has 0 unspecified atom stereocenters. The normalized spacial score (nSPS) is 15.0. The molecule has 2 aromatic rings. The summed E-state index contributed by atoms with van der Waals surface area (Å²) in [6.07, 6.45) is 4.34. The Morgan fingerprint density at radius 1 is 1.14 bits per heavy atom. The summed E-state index contributed by atoms with van der Waals surface area (Å²) in [4.78, 5) is 6.79. The van der Waals surface area contributed by atoms with Crippen LogP contribution in [-0.2, 0) is 0 Å². The van der Waals surface area contributed by atoms with E-state index < -0.39 is 5.82 Å². The van der Waals surface area contributed by atoms with Crippen LogP contribution in [0, 0.1) is 12.7 Å². The molecule has 2 nitrogen and oxygen atoms in total. The second kappa shape index (κ2) is 6.49. The van der Waals surface area contributed by atoms with E-state index in [1.165, 1.54) is 36.2 Å². The first-order valence-corrected chi connectivity index (χ1v) is 7.86. The molecule has 0 atom stereocenters. The van der Waals surface area contributed by atoms with Crippen molar-refractivity contribution in [3.8, 4) is 0 Å². The summed E-state index contributed by atoms with van der Waals surface area (Å²) in [7, 11) is 0. The van der Waals surface area contributed by atoms with Crippen LogP contribution in [0.1, 0.15) is 24.0 Å². The number of halogens is 2. The van der Waals surface area contributed by atoms with Crippen molar-refractivity contribution in [3.05, 3.63) is 58.4 Å². The third-order valence-electron chi connectivity index (χ3n) is 3.98. The Morgan fingerprint density at radius 2 is 1.91 bits per heavy atom. The first-order chi connectivity index (χ1) is 10.6. The van der Waals surface area contributed by atoms with Crippen molar-refractivity contribution in [3.63, 3.8) is 0 Å². The maximum Gasteiger partial charge on any atom is 0.141 e. The average molecular weight is 317 g/mol. The molecular formula is C18H18ClFN2. The van der Waals surface area contributed by atoms with Crippen LogP contribution in [0.3, 0.4) is 0 Å². The van der Waals surface area contributed by atoms with Crippen molar-refractivity contribution in [2.24, 2.45) is 4.99 Å². The molecule has 0 spiro atoms. The van der Waals surface area contributed by atoms with E-state index in [1.54, 1.807) is 12.3 Å². The summed E-state index contributed by atoms with van der Waals surface area (Å²) in [5.41, 5.74) is 4.16. The molecule has 1 heterocycles. The van der Waals surface area contributed by atoms with Crippen LogP contribution in [0.5, 0.6) is 0 Å². The predicted molar refractivity (Wildman–Crippen MR) is 91.3 cm³/mol. The van der Waals surface area contributed by atoms with Crippen LogP contribution in [0.15, 0.2) is 41.4 Å². The maximum atomic E-state index is 13.1. The molecule has 3 rings (SSSR count). The van der Waals surface area contributed by atoms with E-state index in [-0.39, 0.29) is 5.02 Å². The Labute approximate surface area is 135 Å². The van der Waals surface area contributed by atoms with Gasteiger partial charge in [-0.05, 0) is 61.2 Å². The Morgan fingerprint density at radius 3 is 2.59 bits per heavy atom. The van der Waals surface area contributed by atoms with E-state index in [0.717, 1.165) is 18.7 Å². The Kier molecular flexibility index (Phi) is 4.44. The molecule has 1 aliphatic rings. The highest BCUT2D eigenvalue weighted by atomic mass is 35.5. The van der Waals surface area contributed by atoms with Gasteiger partial charge in [0.1, 0.15) is 5.82 Å². The van der Waals surface area contributed by atoms with Crippen LogP contribution in [0.25, 0.3) is 0 Å². The number of aliphatic imine (C=N–C) groups is 1. The highest BCUT2D eigenvalue weighted by molar-refractivity contribution is 6.31. The zero-order valence-corrected chi connectivity index (χ0v) is 13.3. The monoisotopic (exact) mass is 316 g/mol. The van der Waals surface area contributed by atoms with Gasteiger partial charge in [0.25, 0.3) is 0 Å². The lowest BCUT2D eigenvalue weighted by Gasteiger charge is -2.18. The number of rotatable bonds is 3. The first-order valence-electron chi connectivity index (χ1n) is 7.48. The molecular weight excluding hydrogens is 299 g/mol. The minimum atomic E-state index is -0.424. The van der Waals surface area contributed by atoms with Crippen LogP contribution in [0.2, 0.25) is 5.02 Å². The number of nitrogens with zero attached hydrogens (tertiary/aromatic N) is 2. The van der Waals surface area contributed by atoms with Gasteiger partial charge in [-0.3, -0.25) is 4.99 Å². The standard InChI is InChI=1S/C18H18ClFN2/c1-13-10-16(22-8-2-3-9-22)6-4-14(13)12-21-15-5-7-18(20)17(19)11-15/h4-7,10-12H,2-3,8-9H2,1H3. The molecule has 0 bridgehead atoms. The topological polar surface area (TPSA) is 15.6 Å². The molecule has 0 N–H and O–H groups in total. The van der Waals surface area contributed by atoms with Crippen molar-refractivity contribution >= 4 is 29.2 Å². The second-order valence-electron chi connectivity index (χ2n) is 5.59. The SMILES string of the molecule is Cc1cc(N2CCCC2)ccc1C=Nc1ccc(F)c(Cl)c1. The van der Waals surface area contributed by atoms with Gasteiger partial charge in [0.05, 0.1) is 10.7 Å². The van der Waals surface area contributed by atoms with Gasteiger partial charge < -0.3 is 4.90 Å². The Balaban J connectivity index is 1.79. The molecule has 0 aliphatic carbocycles. The van der Waals surface area contributed by atoms with Gasteiger partial charge in [0, 0.05) is 25.0 Å². The third kappa shape index (κ3) is 3.30. The summed E-state index contributed by atoms with van der Waals surface area (Å²) >= 11 is 5.77. The fourth-order valence-electron chi connectivity index (χ4n) is 2.69. The molecule has 0 saturated carbocycles. The molecule has 4 heteroatoms. The molecule has 22 heavy (non-hydrogen) atoms. The van der Waals surface area contributed by atoms with Gasteiger partial charge in [-0.1, -0.05) is 17.7 Å². The van der Waals surface area contributed by atoms with Crippen LogP contribution in [0.4, 0.5) is 15.8 Å². The fraction of sp³-hybridized carbons (Fsp3) is 0.278. The van der Waals surface area contributed by atoms with Crippen molar-refractivity contribution < 1.29 is 4.39 Å². The fourth-order valence-corrected chi connectivity index (χ4v) is 2.86. The molecule has 1 fully saturated rings. The number of aryl methyl sites for hydroxylation is 1. The first kappa shape index (κ1) is 15.0. The van der Waals surface area contributed by atoms with Crippen molar-refractivity contribution in [1.82, 2.24) is 0 Å². The van der Waals surface area contributed by atoms with Crippen LogP contribution in [-0.4, -0.2) is 19.3 Å².